The Hall–Kier alpha value is -2.47. The van der Waals surface area contributed by atoms with Crippen molar-refractivity contribution in [1.29, 1.82) is 0 Å². The van der Waals surface area contributed by atoms with Gasteiger partial charge in [-0.05, 0) is 50.5 Å². The van der Waals surface area contributed by atoms with E-state index in [4.69, 9.17) is 9.47 Å². The largest absolute Gasteiger partial charge is 0.463 e. The molecule has 1 atom stereocenters. The lowest BCUT2D eigenvalue weighted by Gasteiger charge is -2.12. The van der Waals surface area contributed by atoms with Gasteiger partial charge >= 0.3 is 11.9 Å². The Labute approximate surface area is 294 Å². The first-order chi connectivity index (χ1) is 23.3. The number of carbonyl (C=O) groups excluding carboxylic acids is 3. The van der Waals surface area contributed by atoms with Crippen molar-refractivity contribution < 1.29 is 29.0 Å². The van der Waals surface area contributed by atoms with Gasteiger partial charge in [0.25, 0.3) is 0 Å². The number of allylic oxidation sites excluding steroid dienone is 8. The molecule has 6 nitrogen and oxygen atoms in total. The van der Waals surface area contributed by atoms with Crippen LogP contribution in [0, 0.1) is 5.92 Å². The van der Waals surface area contributed by atoms with E-state index in [1.54, 1.807) is 6.08 Å². The fourth-order valence-corrected chi connectivity index (χ4v) is 5.22. The number of hydrogen-bond donors (Lipinski definition) is 1. The highest BCUT2D eigenvalue weighted by Gasteiger charge is 2.12. The van der Waals surface area contributed by atoms with E-state index in [1.165, 1.54) is 70.6 Å². The van der Waals surface area contributed by atoms with Crippen LogP contribution in [-0.4, -0.2) is 42.1 Å². The lowest BCUT2D eigenvalue weighted by atomic mass is 10.0. The van der Waals surface area contributed by atoms with Crippen LogP contribution in [0.15, 0.2) is 48.6 Å². The smallest absolute Gasteiger partial charge is 0.305 e. The number of ketones is 1. The number of ether oxygens (including phenoxy) is 2. The standard InChI is InChI=1S/C42H72O6/c1-4-5-26-32-39(43)33-28-23-19-15-11-9-13-17-21-25-30-35-42(46)48-37-40(44)36-47-41(45)34-29-24-20-16-12-8-6-7-10-14-18-22-27-31-38(2)3/h9,11,17,19,21,23,28,33,38,40,44H,4-8,10,12-16,18,20,22,24-27,29-32,34-37H2,1-3H3/b11-9-,21-17-,23-19-,33-28+/t40-/m1/s1. The molecule has 0 heterocycles. The molecule has 0 fully saturated rings. The highest BCUT2D eigenvalue weighted by Crippen LogP contribution is 2.15. The fourth-order valence-electron chi connectivity index (χ4n) is 5.22. The van der Waals surface area contributed by atoms with Gasteiger partial charge in [0.1, 0.15) is 19.3 Å². The highest BCUT2D eigenvalue weighted by molar-refractivity contribution is 5.89. The fraction of sp³-hybridized carbons (Fsp3) is 0.738. The molecule has 0 saturated carbocycles. The predicted molar refractivity (Wildman–Crippen MR) is 201 cm³/mol. The maximum atomic E-state index is 12.0. The summed E-state index contributed by atoms with van der Waals surface area (Å²) in [7, 11) is 0. The Kier molecular flexibility index (Phi) is 34.0. The van der Waals surface area contributed by atoms with Crippen LogP contribution in [0.2, 0.25) is 0 Å². The molecule has 276 valence electrons. The van der Waals surface area contributed by atoms with Crippen LogP contribution in [0.1, 0.15) is 175 Å². The molecule has 0 amide bonds. The molecule has 0 bridgehead atoms. The summed E-state index contributed by atoms with van der Waals surface area (Å²) < 4.78 is 10.3. The summed E-state index contributed by atoms with van der Waals surface area (Å²) in [5, 5.41) is 10.00. The Morgan fingerprint density at radius 2 is 1.04 bits per heavy atom. The highest BCUT2D eigenvalue weighted by atomic mass is 16.6. The minimum absolute atomic E-state index is 0.147. The van der Waals surface area contributed by atoms with Gasteiger partial charge in [-0.3, -0.25) is 14.4 Å². The van der Waals surface area contributed by atoms with Crippen LogP contribution < -0.4 is 0 Å². The van der Waals surface area contributed by atoms with Crippen molar-refractivity contribution in [2.45, 2.75) is 181 Å². The second-order valence-electron chi connectivity index (χ2n) is 13.6. The molecule has 0 aromatic heterocycles. The lowest BCUT2D eigenvalue weighted by Crippen LogP contribution is -2.25. The molecule has 48 heavy (non-hydrogen) atoms. The molecular formula is C42H72O6. The van der Waals surface area contributed by atoms with E-state index in [0.717, 1.165) is 63.7 Å². The van der Waals surface area contributed by atoms with E-state index < -0.39 is 6.10 Å². The van der Waals surface area contributed by atoms with Crippen LogP contribution in [0.4, 0.5) is 0 Å². The Morgan fingerprint density at radius 3 is 1.60 bits per heavy atom. The zero-order chi connectivity index (χ0) is 35.3. The molecule has 6 heteroatoms. The summed E-state index contributed by atoms with van der Waals surface area (Å²) >= 11 is 0. The van der Waals surface area contributed by atoms with Crippen LogP contribution in [0.25, 0.3) is 0 Å². The molecule has 0 radical (unpaired) electrons. The van der Waals surface area contributed by atoms with Gasteiger partial charge in [-0.15, -0.1) is 0 Å². The van der Waals surface area contributed by atoms with Crippen molar-refractivity contribution in [2.24, 2.45) is 5.92 Å². The number of unbranched alkanes of at least 4 members (excludes halogenated alkanes) is 15. The van der Waals surface area contributed by atoms with Crippen molar-refractivity contribution in [3.8, 4) is 0 Å². The summed E-state index contributed by atoms with van der Waals surface area (Å²) in [6.07, 6.45) is 40.1. The molecule has 0 aliphatic rings. The number of rotatable bonds is 34. The third-order valence-corrected chi connectivity index (χ3v) is 8.22. The molecule has 0 aliphatic heterocycles. The summed E-state index contributed by atoms with van der Waals surface area (Å²) in [5.74, 6) is 0.366. The van der Waals surface area contributed by atoms with Gasteiger partial charge in [-0.25, -0.2) is 0 Å². The molecular weight excluding hydrogens is 600 g/mol. The third-order valence-electron chi connectivity index (χ3n) is 8.22. The quantitative estimate of drug-likeness (QED) is 0.0240. The zero-order valence-electron chi connectivity index (χ0n) is 31.1. The average molecular weight is 673 g/mol. The molecule has 1 N–H and O–H groups in total. The van der Waals surface area contributed by atoms with Crippen molar-refractivity contribution in [3.05, 3.63) is 48.6 Å². The van der Waals surface area contributed by atoms with Crippen molar-refractivity contribution in [3.63, 3.8) is 0 Å². The molecule has 0 rings (SSSR count). The summed E-state index contributed by atoms with van der Waals surface area (Å²) in [4.78, 5) is 35.5. The van der Waals surface area contributed by atoms with Gasteiger partial charge in [0.05, 0.1) is 0 Å². The van der Waals surface area contributed by atoms with Crippen LogP contribution >= 0.6 is 0 Å². The monoisotopic (exact) mass is 673 g/mol. The number of hydrogen-bond acceptors (Lipinski definition) is 6. The second-order valence-corrected chi connectivity index (χ2v) is 13.6. The maximum Gasteiger partial charge on any atom is 0.305 e. The molecule has 0 spiro atoms. The van der Waals surface area contributed by atoms with E-state index in [1.807, 2.05) is 24.3 Å². The first kappa shape index (κ1) is 45.5. The van der Waals surface area contributed by atoms with Crippen LogP contribution in [0.5, 0.6) is 0 Å². The van der Waals surface area contributed by atoms with Crippen molar-refractivity contribution >= 4 is 17.7 Å². The van der Waals surface area contributed by atoms with Gasteiger partial charge in [0.15, 0.2) is 5.78 Å². The van der Waals surface area contributed by atoms with Crippen LogP contribution in [-0.2, 0) is 23.9 Å². The topological polar surface area (TPSA) is 89.9 Å². The van der Waals surface area contributed by atoms with Crippen LogP contribution in [0.3, 0.4) is 0 Å². The van der Waals surface area contributed by atoms with Gasteiger partial charge in [-0.1, -0.05) is 160 Å². The van der Waals surface area contributed by atoms with Gasteiger partial charge in [-0.2, -0.15) is 0 Å². The van der Waals surface area contributed by atoms with Gasteiger partial charge in [0.2, 0.25) is 0 Å². The number of aliphatic hydroxyl groups is 1. The maximum absolute atomic E-state index is 12.0. The van der Waals surface area contributed by atoms with Crippen molar-refractivity contribution in [2.75, 3.05) is 13.2 Å². The third kappa shape index (κ3) is 36.4. The van der Waals surface area contributed by atoms with E-state index in [2.05, 4.69) is 39.0 Å². The number of aliphatic hydroxyl groups excluding tert-OH is 1. The zero-order valence-corrected chi connectivity index (χ0v) is 31.1. The van der Waals surface area contributed by atoms with E-state index >= 15 is 0 Å². The summed E-state index contributed by atoms with van der Waals surface area (Å²) in [6, 6.07) is 0. The normalized spacial score (nSPS) is 12.7. The van der Waals surface area contributed by atoms with Crippen molar-refractivity contribution in [1.82, 2.24) is 0 Å². The Morgan fingerprint density at radius 1 is 0.562 bits per heavy atom. The van der Waals surface area contributed by atoms with Gasteiger partial charge in [0, 0.05) is 19.3 Å². The minimum atomic E-state index is -1.00. The predicted octanol–water partition coefficient (Wildman–Crippen LogP) is 11.3. The Balaban J connectivity index is 3.58. The SMILES string of the molecule is CCCCCC(=O)/C=C/C=C\C/C=C\C/C=C\CCCC(=O)OC[C@H](O)COC(=O)CCCCCCCCCCCCCCCC(C)C. The number of esters is 2. The summed E-state index contributed by atoms with van der Waals surface area (Å²) in [6.45, 7) is 6.43. The molecule has 0 aliphatic carbocycles. The molecule has 0 saturated heterocycles. The number of carbonyl (C=O) groups is 3. The lowest BCUT2D eigenvalue weighted by molar-refractivity contribution is -0.152. The Bertz CT molecular complexity index is 885. The molecule has 0 unspecified atom stereocenters. The minimum Gasteiger partial charge on any atom is -0.463 e. The van der Waals surface area contributed by atoms with E-state index in [0.29, 0.717) is 19.3 Å². The summed E-state index contributed by atoms with van der Waals surface area (Å²) in [5.41, 5.74) is 0. The van der Waals surface area contributed by atoms with E-state index in [9.17, 15) is 19.5 Å². The average Bonchev–Trinajstić information content (AvgIpc) is 3.06. The van der Waals surface area contributed by atoms with Gasteiger partial charge < -0.3 is 14.6 Å². The second kappa shape index (κ2) is 35.8. The molecule has 0 aromatic rings. The first-order valence-corrected chi connectivity index (χ1v) is 19.5. The van der Waals surface area contributed by atoms with E-state index in [-0.39, 0.29) is 37.4 Å². The molecule has 0 aromatic carbocycles. The first-order valence-electron chi connectivity index (χ1n) is 19.5.